The SMILES string of the molecule is CN(CC(O)CN1CCc2ccccc2C1)C(=O)CCc1nc2ccccc2[nH]1. The molecule has 2 aromatic carbocycles. The van der Waals surface area contributed by atoms with Crippen LogP contribution in [0.25, 0.3) is 11.0 Å². The second kappa shape index (κ2) is 8.76. The van der Waals surface area contributed by atoms with Crippen LogP contribution in [0.2, 0.25) is 0 Å². The Hall–Kier alpha value is -2.70. The molecule has 0 fully saturated rings. The maximum atomic E-state index is 12.5. The smallest absolute Gasteiger partial charge is 0.222 e. The van der Waals surface area contributed by atoms with Gasteiger partial charge in [-0.3, -0.25) is 9.69 Å². The summed E-state index contributed by atoms with van der Waals surface area (Å²) in [6.07, 6.45) is 1.40. The van der Waals surface area contributed by atoms with Gasteiger partial charge in [0, 0.05) is 46.1 Å². The molecule has 0 radical (unpaired) electrons. The molecule has 1 amide bonds. The van der Waals surface area contributed by atoms with Crippen LogP contribution in [0.5, 0.6) is 0 Å². The molecule has 6 heteroatoms. The Morgan fingerprint density at radius 2 is 1.97 bits per heavy atom. The number of nitrogens with zero attached hydrogens (tertiary/aromatic N) is 3. The number of carbonyl (C=O) groups is 1. The summed E-state index contributed by atoms with van der Waals surface area (Å²) >= 11 is 0. The van der Waals surface area contributed by atoms with Crippen LogP contribution in [0.4, 0.5) is 0 Å². The predicted octanol–water partition coefficient (Wildman–Crippen LogP) is 2.37. The van der Waals surface area contributed by atoms with Crippen LogP contribution in [0.1, 0.15) is 23.4 Å². The number of benzene rings is 2. The second-order valence-corrected chi connectivity index (χ2v) is 7.88. The van der Waals surface area contributed by atoms with Crippen molar-refractivity contribution >= 4 is 16.9 Å². The fraction of sp³-hybridized carbons (Fsp3) is 0.391. The van der Waals surface area contributed by atoms with Gasteiger partial charge in [0.1, 0.15) is 5.82 Å². The van der Waals surface area contributed by atoms with E-state index in [-0.39, 0.29) is 5.91 Å². The van der Waals surface area contributed by atoms with Crippen molar-refractivity contribution in [2.75, 3.05) is 26.7 Å². The van der Waals surface area contributed by atoms with Crippen LogP contribution in [0.15, 0.2) is 48.5 Å². The highest BCUT2D eigenvalue weighted by atomic mass is 16.3. The number of β-amino-alcohol motifs (C(OH)–C–C–N with tert-alkyl or cyclic N) is 1. The zero-order valence-corrected chi connectivity index (χ0v) is 16.8. The number of aliphatic hydroxyl groups is 1. The highest BCUT2D eigenvalue weighted by Gasteiger charge is 2.20. The Morgan fingerprint density at radius 3 is 2.79 bits per heavy atom. The van der Waals surface area contributed by atoms with Gasteiger partial charge >= 0.3 is 0 Å². The van der Waals surface area contributed by atoms with Crippen LogP contribution in [0, 0.1) is 0 Å². The molecule has 4 rings (SSSR count). The molecule has 29 heavy (non-hydrogen) atoms. The standard InChI is InChI=1S/C23H28N4O2/c1-26(23(29)11-10-22-24-20-8-4-5-9-21(20)25-22)15-19(28)16-27-13-12-17-6-2-3-7-18(17)14-27/h2-9,19,28H,10-16H2,1H3,(H,24,25). The number of aryl methyl sites for hydroxylation is 1. The molecule has 1 aliphatic rings. The normalized spacial score (nSPS) is 15.2. The van der Waals surface area contributed by atoms with Crippen LogP contribution < -0.4 is 0 Å². The lowest BCUT2D eigenvalue weighted by Crippen LogP contribution is -2.42. The zero-order chi connectivity index (χ0) is 20.2. The number of likely N-dealkylation sites (N-methyl/N-ethyl adjacent to an activating group) is 1. The first-order valence-corrected chi connectivity index (χ1v) is 10.2. The van der Waals surface area contributed by atoms with Gasteiger partial charge in [-0.15, -0.1) is 0 Å². The van der Waals surface area contributed by atoms with Crippen molar-refractivity contribution in [1.29, 1.82) is 0 Å². The molecule has 0 aliphatic carbocycles. The van der Waals surface area contributed by atoms with E-state index in [4.69, 9.17) is 0 Å². The van der Waals surface area contributed by atoms with Gasteiger partial charge < -0.3 is 15.0 Å². The molecule has 0 bridgehead atoms. The summed E-state index contributed by atoms with van der Waals surface area (Å²) in [5.41, 5.74) is 4.64. The molecule has 2 N–H and O–H groups in total. The van der Waals surface area contributed by atoms with E-state index >= 15 is 0 Å². The lowest BCUT2D eigenvalue weighted by molar-refractivity contribution is -0.131. The number of rotatable bonds is 7. The van der Waals surface area contributed by atoms with Crippen LogP contribution in [0.3, 0.4) is 0 Å². The minimum absolute atomic E-state index is 0.0218. The number of aromatic nitrogens is 2. The van der Waals surface area contributed by atoms with Gasteiger partial charge in [0.15, 0.2) is 0 Å². The molecule has 0 saturated heterocycles. The molecule has 6 nitrogen and oxygen atoms in total. The first-order chi connectivity index (χ1) is 14.1. The summed E-state index contributed by atoms with van der Waals surface area (Å²) < 4.78 is 0. The number of carbonyl (C=O) groups excluding carboxylic acids is 1. The van der Waals surface area contributed by atoms with Gasteiger partial charge in [-0.05, 0) is 29.7 Å². The average Bonchev–Trinajstić information content (AvgIpc) is 3.14. The molecule has 2 heterocycles. The number of amides is 1. The molecule has 1 unspecified atom stereocenters. The predicted molar refractivity (Wildman–Crippen MR) is 113 cm³/mol. The summed E-state index contributed by atoms with van der Waals surface area (Å²) in [7, 11) is 1.76. The van der Waals surface area contributed by atoms with Gasteiger partial charge in [0.25, 0.3) is 0 Å². The van der Waals surface area contributed by atoms with E-state index in [0.29, 0.717) is 25.9 Å². The van der Waals surface area contributed by atoms with Crippen molar-refractivity contribution in [3.8, 4) is 0 Å². The lowest BCUT2D eigenvalue weighted by atomic mass is 10.00. The fourth-order valence-corrected chi connectivity index (χ4v) is 4.02. The van der Waals surface area contributed by atoms with Crippen LogP contribution in [-0.2, 0) is 24.2 Å². The average molecular weight is 393 g/mol. The number of aliphatic hydroxyl groups excluding tert-OH is 1. The van der Waals surface area contributed by atoms with E-state index < -0.39 is 6.10 Å². The van der Waals surface area contributed by atoms with Gasteiger partial charge in [-0.1, -0.05) is 36.4 Å². The first kappa shape index (κ1) is 19.6. The maximum absolute atomic E-state index is 12.5. The van der Waals surface area contributed by atoms with E-state index in [1.807, 2.05) is 24.3 Å². The number of nitrogens with one attached hydrogen (secondary N) is 1. The van der Waals surface area contributed by atoms with Crippen molar-refractivity contribution in [1.82, 2.24) is 19.8 Å². The summed E-state index contributed by atoms with van der Waals surface area (Å²) in [5, 5.41) is 10.5. The molecular formula is C23H28N4O2. The second-order valence-electron chi connectivity index (χ2n) is 7.88. The summed E-state index contributed by atoms with van der Waals surface area (Å²) in [6, 6.07) is 16.3. The third-order valence-corrected chi connectivity index (χ3v) is 5.60. The lowest BCUT2D eigenvalue weighted by Gasteiger charge is -2.31. The van der Waals surface area contributed by atoms with E-state index in [2.05, 4.69) is 39.1 Å². The van der Waals surface area contributed by atoms with Crippen LogP contribution in [-0.4, -0.2) is 63.6 Å². The third kappa shape index (κ3) is 4.83. The summed E-state index contributed by atoms with van der Waals surface area (Å²) in [4.78, 5) is 24.1. The van der Waals surface area contributed by atoms with Gasteiger partial charge in [0.2, 0.25) is 5.91 Å². The topological polar surface area (TPSA) is 72.5 Å². The molecule has 1 aliphatic heterocycles. The fourth-order valence-electron chi connectivity index (χ4n) is 4.02. The largest absolute Gasteiger partial charge is 0.390 e. The molecule has 1 aromatic heterocycles. The Balaban J connectivity index is 1.24. The summed E-state index contributed by atoms with van der Waals surface area (Å²) in [6.45, 7) is 2.72. The number of hydrogen-bond acceptors (Lipinski definition) is 4. The van der Waals surface area contributed by atoms with Gasteiger partial charge in [-0.25, -0.2) is 4.98 Å². The minimum atomic E-state index is -0.555. The Morgan fingerprint density at radius 1 is 1.21 bits per heavy atom. The van der Waals surface area contributed by atoms with E-state index in [9.17, 15) is 9.90 Å². The third-order valence-electron chi connectivity index (χ3n) is 5.60. The number of para-hydroxylation sites is 2. The van der Waals surface area contributed by atoms with Crippen LogP contribution >= 0.6 is 0 Å². The highest BCUT2D eigenvalue weighted by Crippen LogP contribution is 2.18. The van der Waals surface area contributed by atoms with Crippen molar-refractivity contribution < 1.29 is 9.90 Å². The number of fused-ring (bicyclic) bond motifs is 2. The Kier molecular flexibility index (Phi) is 5.92. The summed E-state index contributed by atoms with van der Waals surface area (Å²) in [5.74, 6) is 0.842. The molecule has 3 aromatic rings. The van der Waals surface area contributed by atoms with Crippen molar-refractivity contribution in [3.63, 3.8) is 0 Å². The van der Waals surface area contributed by atoms with Gasteiger partial charge in [0.05, 0.1) is 17.1 Å². The van der Waals surface area contributed by atoms with Gasteiger partial charge in [-0.2, -0.15) is 0 Å². The Labute approximate surface area is 171 Å². The molecule has 0 saturated carbocycles. The van der Waals surface area contributed by atoms with E-state index in [1.165, 1.54) is 11.1 Å². The van der Waals surface area contributed by atoms with E-state index in [0.717, 1.165) is 36.4 Å². The van der Waals surface area contributed by atoms with Crippen molar-refractivity contribution in [2.24, 2.45) is 0 Å². The molecular weight excluding hydrogens is 364 g/mol. The number of hydrogen-bond donors (Lipinski definition) is 2. The minimum Gasteiger partial charge on any atom is -0.390 e. The number of aromatic amines is 1. The van der Waals surface area contributed by atoms with Crippen molar-refractivity contribution in [2.45, 2.75) is 31.9 Å². The zero-order valence-electron chi connectivity index (χ0n) is 16.8. The highest BCUT2D eigenvalue weighted by molar-refractivity contribution is 5.77. The van der Waals surface area contributed by atoms with E-state index in [1.54, 1.807) is 11.9 Å². The molecule has 0 spiro atoms. The molecule has 1 atom stereocenters. The first-order valence-electron chi connectivity index (χ1n) is 10.2. The maximum Gasteiger partial charge on any atom is 0.222 e. The molecule has 152 valence electrons. The number of imidazole rings is 1. The Bertz CT molecular complexity index is 951. The quantitative estimate of drug-likeness (QED) is 0.648. The monoisotopic (exact) mass is 392 g/mol. The van der Waals surface area contributed by atoms with Crippen molar-refractivity contribution in [3.05, 3.63) is 65.5 Å². The number of H-pyrrole nitrogens is 1.